The number of nitrogens with two attached hydrogens (primary N) is 1. The van der Waals surface area contributed by atoms with Gasteiger partial charge in [-0.2, -0.15) is 13.2 Å². The molecule has 0 aliphatic heterocycles. The molecule has 1 aliphatic rings. The molecular formula is C13H25F3N2O. The molecule has 1 fully saturated rings. The van der Waals surface area contributed by atoms with Crippen molar-refractivity contribution in [2.75, 3.05) is 26.2 Å². The molecule has 0 amide bonds. The van der Waals surface area contributed by atoms with Gasteiger partial charge in [-0.1, -0.05) is 13.3 Å². The van der Waals surface area contributed by atoms with Crippen molar-refractivity contribution in [1.29, 1.82) is 0 Å². The first-order valence-corrected chi connectivity index (χ1v) is 7.02. The van der Waals surface area contributed by atoms with E-state index in [0.717, 1.165) is 12.8 Å². The van der Waals surface area contributed by atoms with Crippen molar-refractivity contribution >= 4 is 0 Å². The van der Waals surface area contributed by atoms with Gasteiger partial charge in [0.05, 0.1) is 12.1 Å². The molecular weight excluding hydrogens is 257 g/mol. The SMILES string of the molecule is CCCN(CCC1CCCC1(O)CN)CC(F)(F)F. The van der Waals surface area contributed by atoms with E-state index in [0.29, 0.717) is 32.4 Å². The highest BCUT2D eigenvalue weighted by molar-refractivity contribution is 4.93. The standard InChI is InChI=1S/C13H25F3N2O/c1-2-7-18(10-13(14,15)16)8-5-11-4-3-6-12(11,19)9-17/h11,19H,2-10,17H2,1H3. The van der Waals surface area contributed by atoms with Crippen molar-refractivity contribution in [3.63, 3.8) is 0 Å². The maximum Gasteiger partial charge on any atom is 0.401 e. The van der Waals surface area contributed by atoms with E-state index in [1.807, 2.05) is 6.92 Å². The maximum absolute atomic E-state index is 12.4. The fourth-order valence-corrected chi connectivity index (χ4v) is 2.99. The van der Waals surface area contributed by atoms with Crippen molar-refractivity contribution in [1.82, 2.24) is 4.90 Å². The van der Waals surface area contributed by atoms with E-state index in [2.05, 4.69) is 0 Å². The molecule has 6 heteroatoms. The lowest BCUT2D eigenvalue weighted by Gasteiger charge is -2.31. The van der Waals surface area contributed by atoms with Crippen molar-refractivity contribution in [3.8, 4) is 0 Å². The van der Waals surface area contributed by atoms with Crippen LogP contribution in [0.3, 0.4) is 0 Å². The van der Waals surface area contributed by atoms with Crippen LogP contribution in [0.4, 0.5) is 13.2 Å². The topological polar surface area (TPSA) is 49.5 Å². The van der Waals surface area contributed by atoms with Gasteiger partial charge in [0.15, 0.2) is 0 Å². The smallest absolute Gasteiger partial charge is 0.388 e. The number of halogens is 3. The molecule has 0 aromatic carbocycles. The lowest BCUT2D eigenvalue weighted by atomic mass is 9.88. The number of hydrogen-bond donors (Lipinski definition) is 2. The quantitative estimate of drug-likeness (QED) is 0.752. The molecule has 0 aromatic heterocycles. The van der Waals surface area contributed by atoms with Crippen molar-refractivity contribution in [2.45, 2.75) is 50.8 Å². The van der Waals surface area contributed by atoms with Crippen molar-refractivity contribution < 1.29 is 18.3 Å². The summed E-state index contributed by atoms with van der Waals surface area (Å²) in [6.45, 7) is 2.02. The minimum Gasteiger partial charge on any atom is -0.388 e. The minimum atomic E-state index is -4.16. The fraction of sp³-hybridized carbons (Fsp3) is 1.00. The Bertz CT molecular complexity index is 273. The highest BCUT2D eigenvalue weighted by atomic mass is 19.4. The summed E-state index contributed by atoms with van der Waals surface area (Å²) in [6, 6.07) is 0. The molecule has 3 nitrogen and oxygen atoms in total. The predicted octanol–water partition coefficient (Wildman–Crippen LogP) is 2.14. The lowest BCUT2D eigenvalue weighted by molar-refractivity contribution is -0.146. The average Bonchev–Trinajstić information content (AvgIpc) is 2.67. The highest BCUT2D eigenvalue weighted by Gasteiger charge is 2.40. The summed E-state index contributed by atoms with van der Waals surface area (Å²) in [5.74, 6) is 0.0325. The molecule has 1 saturated carbocycles. The zero-order valence-corrected chi connectivity index (χ0v) is 11.5. The molecule has 2 atom stereocenters. The van der Waals surface area contributed by atoms with Crippen LogP contribution in [-0.4, -0.2) is 48.0 Å². The van der Waals surface area contributed by atoms with E-state index in [1.165, 1.54) is 4.90 Å². The molecule has 3 N–H and O–H groups in total. The zero-order chi connectivity index (χ0) is 14.5. The molecule has 1 rings (SSSR count). The summed E-state index contributed by atoms with van der Waals surface area (Å²) in [4.78, 5) is 1.43. The monoisotopic (exact) mass is 282 g/mol. The summed E-state index contributed by atoms with van der Waals surface area (Å²) in [5, 5.41) is 10.3. The summed E-state index contributed by atoms with van der Waals surface area (Å²) in [6.07, 6.45) is -0.437. The van der Waals surface area contributed by atoms with Crippen LogP contribution in [0.2, 0.25) is 0 Å². The molecule has 19 heavy (non-hydrogen) atoms. The van der Waals surface area contributed by atoms with Gasteiger partial charge in [0, 0.05) is 6.54 Å². The third-order valence-electron chi connectivity index (χ3n) is 4.01. The Labute approximate surface area is 113 Å². The molecule has 0 radical (unpaired) electrons. The number of aliphatic hydroxyl groups is 1. The number of alkyl halides is 3. The van der Waals surface area contributed by atoms with Gasteiger partial charge in [-0.15, -0.1) is 0 Å². The van der Waals surface area contributed by atoms with E-state index in [-0.39, 0.29) is 12.5 Å². The largest absolute Gasteiger partial charge is 0.401 e. The van der Waals surface area contributed by atoms with Gasteiger partial charge in [-0.3, -0.25) is 4.90 Å². The van der Waals surface area contributed by atoms with E-state index in [1.54, 1.807) is 0 Å². The Morgan fingerprint density at radius 2 is 2.05 bits per heavy atom. The van der Waals surface area contributed by atoms with Crippen LogP contribution in [0.15, 0.2) is 0 Å². The zero-order valence-electron chi connectivity index (χ0n) is 11.5. The van der Waals surface area contributed by atoms with E-state index >= 15 is 0 Å². The summed E-state index contributed by atoms with van der Waals surface area (Å²) in [7, 11) is 0. The number of rotatable bonds is 7. The van der Waals surface area contributed by atoms with Crippen LogP contribution in [-0.2, 0) is 0 Å². The Hall–Kier alpha value is -0.330. The van der Waals surface area contributed by atoms with Crippen LogP contribution < -0.4 is 5.73 Å². The second-order valence-electron chi connectivity index (χ2n) is 5.58. The third kappa shape index (κ3) is 5.28. The molecule has 0 bridgehead atoms. The molecule has 0 aromatic rings. The second kappa shape index (κ2) is 6.90. The Morgan fingerprint density at radius 3 is 2.58 bits per heavy atom. The Morgan fingerprint density at radius 1 is 1.37 bits per heavy atom. The van der Waals surface area contributed by atoms with Crippen LogP contribution in [0.25, 0.3) is 0 Å². The van der Waals surface area contributed by atoms with Gasteiger partial charge in [0.25, 0.3) is 0 Å². The first-order valence-electron chi connectivity index (χ1n) is 7.02. The second-order valence-corrected chi connectivity index (χ2v) is 5.58. The summed E-state index contributed by atoms with van der Waals surface area (Å²) < 4.78 is 37.3. The Balaban J connectivity index is 2.47. The van der Waals surface area contributed by atoms with Gasteiger partial charge in [0.2, 0.25) is 0 Å². The van der Waals surface area contributed by atoms with E-state index in [9.17, 15) is 18.3 Å². The van der Waals surface area contributed by atoms with Crippen LogP contribution in [0.5, 0.6) is 0 Å². The first-order chi connectivity index (χ1) is 8.80. The van der Waals surface area contributed by atoms with Crippen LogP contribution in [0, 0.1) is 5.92 Å². The molecule has 114 valence electrons. The van der Waals surface area contributed by atoms with Crippen LogP contribution >= 0.6 is 0 Å². The van der Waals surface area contributed by atoms with Gasteiger partial charge < -0.3 is 10.8 Å². The highest BCUT2D eigenvalue weighted by Crippen LogP contribution is 2.37. The first kappa shape index (κ1) is 16.7. The van der Waals surface area contributed by atoms with Crippen molar-refractivity contribution in [2.24, 2.45) is 11.7 Å². The van der Waals surface area contributed by atoms with Gasteiger partial charge in [0.1, 0.15) is 0 Å². The average molecular weight is 282 g/mol. The molecule has 1 aliphatic carbocycles. The molecule has 0 spiro atoms. The molecule has 0 heterocycles. The molecule has 2 unspecified atom stereocenters. The number of hydrogen-bond acceptors (Lipinski definition) is 3. The van der Waals surface area contributed by atoms with Crippen LogP contribution in [0.1, 0.15) is 39.0 Å². The van der Waals surface area contributed by atoms with E-state index in [4.69, 9.17) is 5.73 Å². The fourth-order valence-electron chi connectivity index (χ4n) is 2.99. The summed E-state index contributed by atoms with van der Waals surface area (Å²) in [5.41, 5.74) is 4.72. The third-order valence-corrected chi connectivity index (χ3v) is 4.01. The van der Waals surface area contributed by atoms with E-state index < -0.39 is 18.3 Å². The minimum absolute atomic E-state index is 0.0325. The lowest BCUT2D eigenvalue weighted by Crippen LogP contribution is -2.43. The van der Waals surface area contributed by atoms with Gasteiger partial charge in [-0.25, -0.2) is 0 Å². The normalized spacial score (nSPS) is 28.3. The predicted molar refractivity (Wildman–Crippen MR) is 68.7 cm³/mol. The number of nitrogens with zero attached hydrogens (tertiary/aromatic N) is 1. The Kier molecular flexibility index (Phi) is 6.08. The van der Waals surface area contributed by atoms with Gasteiger partial charge in [-0.05, 0) is 44.7 Å². The maximum atomic E-state index is 12.4. The molecule has 0 saturated heterocycles. The van der Waals surface area contributed by atoms with Crippen molar-refractivity contribution in [3.05, 3.63) is 0 Å². The summed E-state index contributed by atoms with van der Waals surface area (Å²) >= 11 is 0. The van der Waals surface area contributed by atoms with Gasteiger partial charge >= 0.3 is 6.18 Å².